The lowest BCUT2D eigenvalue weighted by atomic mass is 10.2. The Labute approximate surface area is 164 Å². The Balaban J connectivity index is 1.61. The molecule has 0 aliphatic heterocycles. The summed E-state index contributed by atoms with van der Waals surface area (Å²) in [7, 11) is 1.61. The number of hydrogen-bond acceptors (Lipinski definition) is 6. The third-order valence-electron chi connectivity index (χ3n) is 3.86. The van der Waals surface area contributed by atoms with Crippen LogP contribution < -0.4 is 10.1 Å². The number of methoxy groups -OCH3 is 1. The molecule has 0 spiro atoms. The Hall–Kier alpha value is -2.43. The van der Waals surface area contributed by atoms with Gasteiger partial charge in [0.1, 0.15) is 12.3 Å². The number of nitrogens with zero attached hydrogens (tertiary/aromatic N) is 4. The second-order valence-electron chi connectivity index (χ2n) is 5.69. The van der Waals surface area contributed by atoms with Crippen LogP contribution in [0.25, 0.3) is 0 Å². The van der Waals surface area contributed by atoms with Crippen molar-refractivity contribution in [3.63, 3.8) is 0 Å². The predicted octanol–water partition coefficient (Wildman–Crippen LogP) is 2.47. The van der Waals surface area contributed by atoms with Crippen LogP contribution in [0.1, 0.15) is 33.5 Å². The van der Waals surface area contributed by atoms with Crippen molar-refractivity contribution >= 4 is 28.5 Å². The molecule has 9 heteroatoms. The molecule has 1 amide bonds. The van der Waals surface area contributed by atoms with E-state index in [9.17, 15) is 4.79 Å². The van der Waals surface area contributed by atoms with Crippen molar-refractivity contribution in [2.45, 2.75) is 26.9 Å². The molecule has 1 N–H and O–H groups in total. The molecule has 2 heterocycles. The standard InChI is InChI=1S/C17H18IN5O3/c1-10-15(18)11(2)23(21-10)9-14-20-17(26-22-14)16(24)19-8-12-4-6-13(25-3)7-5-12/h4-7H,8-9H2,1-3H3,(H,19,24). The van der Waals surface area contributed by atoms with Gasteiger partial charge < -0.3 is 14.6 Å². The summed E-state index contributed by atoms with van der Waals surface area (Å²) in [6.07, 6.45) is 0. The predicted molar refractivity (Wildman–Crippen MR) is 102 cm³/mol. The fraction of sp³-hybridized carbons (Fsp3) is 0.294. The zero-order chi connectivity index (χ0) is 18.7. The summed E-state index contributed by atoms with van der Waals surface area (Å²) in [5, 5.41) is 11.0. The average Bonchev–Trinajstić information content (AvgIpc) is 3.21. The summed E-state index contributed by atoms with van der Waals surface area (Å²) >= 11 is 2.25. The van der Waals surface area contributed by atoms with Crippen LogP contribution in [-0.2, 0) is 13.1 Å². The average molecular weight is 467 g/mol. The largest absolute Gasteiger partial charge is 0.497 e. The first-order chi connectivity index (χ1) is 12.5. The number of hydrogen-bond donors (Lipinski definition) is 1. The number of halogens is 1. The molecule has 8 nitrogen and oxygen atoms in total. The van der Waals surface area contributed by atoms with E-state index in [-0.39, 0.29) is 5.89 Å². The second-order valence-corrected chi connectivity index (χ2v) is 6.77. The monoisotopic (exact) mass is 467 g/mol. The molecule has 0 saturated heterocycles. The number of carbonyl (C=O) groups is 1. The van der Waals surface area contributed by atoms with Crippen molar-refractivity contribution in [2.24, 2.45) is 0 Å². The van der Waals surface area contributed by atoms with E-state index in [2.05, 4.69) is 43.1 Å². The Bertz CT molecular complexity index is 917. The highest BCUT2D eigenvalue weighted by Gasteiger charge is 2.17. The van der Waals surface area contributed by atoms with Gasteiger partial charge in [0.25, 0.3) is 0 Å². The van der Waals surface area contributed by atoms with E-state index in [1.54, 1.807) is 11.8 Å². The summed E-state index contributed by atoms with van der Waals surface area (Å²) in [5.41, 5.74) is 2.92. The SMILES string of the molecule is COc1ccc(CNC(=O)c2nc(Cn3nc(C)c(I)c3C)no2)cc1. The van der Waals surface area contributed by atoms with Gasteiger partial charge in [0.05, 0.1) is 16.4 Å². The van der Waals surface area contributed by atoms with E-state index in [4.69, 9.17) is 9.26 Å². The number of rotatable bonds is 6. The smallest absolute Gasteiger partial charge is 0.316 e. The van der Waals surface area contributed by atoms with E-state index in [1.807, 2.05) is 38.1 Å². The zero-order valence-electron chi connectivity index (χ0n) is 14.6. The third kappa shape index (κ3) is 4.03. The van der Waals surface area contributed by atoms with Gasteiger partial charge in [-0.1, -0.05) is 17.3 Å². The first kappa shape index (κ1) is 18.4. The molecule has 0 atom stereocenters. The van der Waals surface area contributed by atoms with Gasteiger partial charge in [0.15, 0.2) is 5.82 Å². The summed E-state index contributed by atoms with van der Waals surface area (Å²) in [6, 6.07) is 7.43. The van der Waals surface area contributed by atoms with Gasteiger partial charge in [0.2, 0.25) is 0 Å². The zero-order valence-corrected chi connectivity index (χ0v) is 16.8. The number of aryl methyl sites for hydroxylation is 1. The van der Waals surface area contributed by atoms with Crippen LogP contribution in [0.3, 0.4) is 0 Å². The van der Waals surface area contributed by atoms with Crippen LogP contribution >= 0.6 is 22.6 Å². The maximum Gasteiger partial charge on any atom is 0.316 e. The first-order valence-electron chi connectivity index (χ1n) is 7.91. The van der Waals surface area contributed by atoms with Crippen LogP contribution in [0.15, 0.2) is 28.8 Å². The minimum absolute atomic E-state index is 0.0651. The second kappa shape index (κ2) is 7.85. The lowest BCUT2D eigenvalue weighted by Gasteiger charge is -2.04. The molecule has 0 fully saturated rings. The Morgan fingerprint density at radius 2 is 2.04 bits per heavy atom. The normalized spacial score (nSPS) is 10.8. The Morgan fingerprint density at radius 3 is 2.65 bits per heavy atom. The molecule has 1 aromatic carbocycles. The van der Waals surface area contributed by atoms with Crippen LogP contribution in [-0.4, -0.2) is 32.9 Å². The summed E-state index contributed by atoms with van der Waals surface area (Å²) in [6.45, 7) is 4.63. The lowest BCUT2D eigenvalue weighted by Crippen LogP contribution is -2.23. The molecular formula is C17H18IN5O3. The molecule has 0 unspecified atom stereocenters. The summed E-state index contributed by atoms with van der Waals surface area (Å²) < 4.78 is 13.1. The highest BCUT2D eigenvalue weighted by Crippen LogP contribution is 2.16. The fourth-order valence-corrected chi connectivity index (χ4v) is 2.76. The Kier molecular flexibility index (Phi) is 5.55. The first-order valence-corrected chi connectivity index (χ1v) is 8.99. The van der Waals surface area contributed by atoms with Gasteiger partial charge >= 0.3 is 11.8 Å². The van der Waals surface area contributed by atoms with Crippen molar-refractivity contribution < 1.29 is 14.1 Å². The highest BCUT2D eigenvalue weighted by molar-refractivity contribution is 14.1. The van der Waals surface area contributed by atoms with Crippen LogP contribution in [0.2, 0.25) is 0 Å². The van der Waals surface area contributed by atoms with E-state index >= 15 is 0 Å². The third-order valence-corrected chi connectivity index (χ3v) is 5.42. The highest BCUT2D eigenvalue weighted by atomic mass is 127. The number of nitrogens with one attached hydrogen (secondary N) is 1. The molecule has 2 aromatic heterocycles. The molecule has 0 saturated carbocycles. The molecule has 3 aromatic rings. The van der Waals surface area contributed by atoms with Gasteiger partial charge in [-0.3, -0.25) is 9.48 Å². The number of ether oxygens (including phenoxy) is 1. The number of aromatic nitrogens is 4. The molecule has 0 bridgehead atoms. The molecule has 0 aliphatic carbocycles. The fourth-order valence-electron chi connectivity index (χ4n) is 2.37. The van der Waals surface area contributed by atoms with Crippen molar-refractivity contribution in [1.82, 2.24) is 25.2 Å². The molecular weight excluding hydrogens is 449 g/mol. The summed E-state index contributed by atoms with van der Waals surface area (Å²) in [5.74, 6) is 0.689. The Morgan fingerprint density at radius 1 is 1.31 bits per heavy atom. The maximum absolute atomic E-state index is 12.2. The van der Waals surface area contributed by atoms with E-state index in [0.717, 1.165) is 26.3 Å². The molecule has 26 heavy (non-hydrogen) atoms. The van der Waals surface area contributed by atoms with Crippen molar-refractivity contribution in [3.8, 4) is 5.75 Å². The minimum atomic E-state index is -0.414. The van der Waals surface area contributed by atoms with Gasteiger partial charge in [0, 0.05) is 12.2 Å². The van der Waals surface area contributed by atoms with E-state index in [1.165, 1.54) is 0 Å². The minimum Gasteiger partial charge on any atom is -0.497 e. The number of amides is 1. The number of benzene rings is 1. The van der Waals surface area contributed by atoms with Gasteiger partial charge in [-0.05, 0) is 54.1 Å². The van der Waals surface area contributed by atoms with Gasteiger partial charge in [-0.25, -0.2) is 0 Å². The quantitative estimate of drug-likeness (QED) is 0.560. The van der Waals surface area contributed by atoms with Gasteiger partial charge in [-0.15, -0.1) is 0 Å². The lowest BCUT2D eigenvalue weighted by molar-refractivity contribution is 0.0907. The van der Waals surface area contributed by atoms with E-state index in [0.29, 0.717) is 18.9 Å². The van der Waals surface area contributed by atoms with Crippen LogP contribution in [0, 0.1) is 17.4 Å². The maximum atomic E-state index is 12.2. The van der Waals surface area contributed by atoms with Gasteiger partial charge in [-0.2, -0.15) is 10.1 Å². The molecule has 136 valence electrons. The van der Waals surface area contributed by atoms with Crippen molar-refractivity contribution in [2.75, 3.05) is 7.11 Å². The van der Waals surface area contributed by atoms with Crippen molar-refractivity contribution in [3.05, 3.63) is 56.5 Å². The van der Waals surface area contributed by atoms with E-state index < -0.39 is 5.91 Å². The molecule has 3 rings (SSSR count). The van der Waals surface area contributed by atoms with Crippen LogP contribution in [0.4, 0.5) is 0 Å². The molecule has 0 radical (unpaired) electrons. The topological polar surface area (TPSA) is 95.1 Å². The summed E-state index contributed by atoms with van der Waals surface area (Å²) in [4.78, 5) is 16.3. The van der Waals surface area contributed by atoms with Crippen molar-refractivity contribution in [1.29, 1.82) is 0 Å². The van der Waals surface area contributed by atoms with Crippen LogP contribution in [0.5, 0.6) is 5.75 Å². The molecule has 0 aliphatic rings. The number of carbonyl (C=O) groups excluding carboxylic acids is 1.